The monoisotopic (exact) mass is 299 g/mol. The van der Waals surface area contributed by atoms with Crippen LogP contribution in [0.4, 0.5) is 0 Å². The molecule has 0 spiro atoms. The van der Waals surface area contributed by atoms with E-state index in [1.807, 2.05) is 18.7 Å². The first-order valence-corrected chi connectivity index (χ1v) is 8.98. The van der Waals surface area contributed by atoms with Gasteiger partial charge in [0, 0.05) is 24.8 Å². The van der Waals surface area contributed by atoms with Crippen molar-refractivity contribution in [3.63, 3.8) is 0 Å². The minimum Gasteiger partial charge on any atom is -0.302 e. The first-order valence-electron chi connectivity index (χ1n) is 7.16. The zero-order valence-corrected chi connectivity index (χ0v) is 13.7. The summed E-state index contributed by atoms with van der Waals surface area (Å²) in [5, 5.41) is 4.43. The van der Waals surface area contributed by atoms with Crippen LogP contribution in [0.3, 0.4) is 0 Å². The molecule has 0 amide bonds. The summed E-state index contributed by atoms with van der Waals surface area (Å²) in [5.74, 6) is 1.10. The lowest BCUT2D eigenvalue weighted by Gasteiger charge is -2.18. The molecule has 5 nitrogen and oxygen atoms in total. The summed E-state index contributed by atoms with van der Waals surface area (Å²) in [4.78, 5) is 2.27. The van der Waals surface area contributed by atoms with Crippen LogP contribution in [-0.4, -0.2) is 48.2 Å². The number of nitrogens with zero attached hydrogens (tertiary/aromatic N) is 3. The van der Waals surface area contributed by atoms with Crippen molar-refractivity contribution in [1.29, 1.82) is 0 Å². The Labute approximate surface area is 121 Å². The van der Waals surface area contributed by atoms with Gasteiger partial charge in [-0.25, -0.2) is 8.42 Å². The van der Waals surface area contributed by atoms with E-state index in [1.54, 1.807) is 0 Å². The van der Waals surface area contributed by atoms with Crippen molar-refractivity contribution in [1.82, 2.24) is 14.7 Å². The van der Waals surface area contributed by atoms with Crippen molar-refractivity contribution in [2.24, 2.45) is 13.0 Å². The van der Waals surface area contributed by atoms with E-state index in [9.17, 15) is 8.42 Å². The van der Waals surface area contributed by atoms with Crippen LogP contribution < -0.4 is 0 Å². The lowest BCUT2D eigenvalue weighted by Crippen LogP contribution is -2.22. The van der Waals surface area contributed by atoms with Crippen LogP contribution in [0, 0.1) is 19.8 Å². The highest BCUT2D eigenvalue weighted by atomic mass is 32.2. The molecule has 6 heteroatoms. The Morgan fingerprint density at radius 1 is 1.40 bits per heavy atom. The zero-order valence-electron chi connectivity index (χ0n) is 12.9. The normalized spacial score (nSPS) is 21.8. The van der Waals surface area contributed by atoms with E-state index in [-0.39, 0.29) is 0 Å². The van der Waals surface area contributed by atoms with Crippen LogP contribution >= 0.6 is 0 Å². The smallest absolute Gasteiger partial charge is 0.150 e. The van der Waals surface area contributed by atoms with Gasteiger partial charge in [0.15, 0.2) is 9.84 Å². The quantitative estimate of drug-likeness (QED) is 0.822. The summed E-state index contributed by atoms with van der Waals surface area (Å²) < 4.78 is 24.8. The molecule has 1 aromatic heterocycles. The summed E-state index contributed by atoms with van der Waals surface area (Å²) in [6, 6.07) is 0. The van der Waals surface area contributed by atoms with Gasteiger partial charge in [-0.3, -0.25) is 4.68 Å². The second-order valence-corrected chi connectivity index (χ2v) is 8.30. The van der Waals surface area contributed by atoms with Gasteiger partial charge in [0.25, 0.3) is 0 Å². The molecule has 1 fully saturated rings. The standard InChI is InChI=1S/C14H25N3O2S/c1-11-14(12(2)17(4)15-11)9-16(3)7-5-13-6-8-20(18,19)10-13/h13H,5-10H2,1-4H3/t13-/m1/s1. The first kappa shape index (κ1) is 15.5. The SMILES string of the molecule is Cc1nn(C)c(C)c1CN(C)CC[C@@H]1CCS(=O)(=O)C1. The number of rotatable bonds is 5. The van der Waals surface area contributed by atoms with E-state index in [1.165, 1.54) is 11.3 Å². The molecule has 1 saturated heterocycles. The van der Waals surface area contributed by atoms with Crippen LogP contribution in [0.2, 0.25) is 0 Å². The Morgan fingerprint density at radius 2 is 2.10 bits per heavy atom. The molecule has 0 saturated carbocycles. The van der Waals surface area contributed by atoms with E-state index in [0.717, 1.165) is 31.6 Å². The molecular weight excluding hydrogens is 274 g/mol. The maximum Gasteiger partial charge on any atom is 0.150 e. The molecule has 20 heavy (non-hydrogen) atoms. The number of hydrogen-bond donors (Lipinski definition) is 0. The second-order valence-electron chi connectivity index (χ2n) is 6.07. The van der Waals surface area contributed by atoms with Gasteiger partial charge in [-0.2, -0.15) is 5.10 Å². The third-order valence-electron chi connectivity index (χ3n) is 4.33. The highest BCUT2D eigenvalue weighted by molar-refractivity contribution is 7.91. The Bertz CT molecular complexity index is 577. The fraction of sp³-hybridized carbons (Fsp3) is 0.786. The van der Waals surface area contributed by atoms with Crippen molar-refractivity contribution in [2.75, 3.05) is 25.1 Å². The molecule has 0 bridgehead atoms. The van der Waals surface area contributed by atoms with Gasteiger partial charge in [-0.05, 0) is 46.2 Å². The minimum absolute atomic E-state index is 0.346. The molecular formula is C14H25N3O2S. The maximum absolute atomic E-state index is 11.4. The molecule has 1 aromatic rings. The topological polar surface area (TPSA) is 55.2 Å². The van der Waals surface area contributed by atoms with Crippen LogP contribution in [-0.2, 0) is 23.4 Å². The third kappa shape index (κ3) is 3.61. The predicted molar refractivity (Wildman–Crippen MR) is 80.4 cm³/mol. The Hall–Kier alpha value is -0.880. The summed E-state index contributed by atoms with van der Waals surface area (Å²) in [6.45, 7) is 5.95. The van der Waals surface area contributed by atoms with Gasteiger partial charge in [0.05, 0.1) is 17.2 Å². The Kier molecular flexibility index (Phi) is 4.54. The number of aryl methyl sites for hydroxylation is 2. The van der Waals surface area contributed by atoms with E-state index in [2.05, 4.69) is 24.0 Å². The van der Waals surface area contributed by atoms with Crippen molar-refractivity contribution < 1.29 is 8.42 Å². The van der Waals surface area contributed by atoms with Crippen molar-refractivity contribution in [3.8, 4) is 0 Å². The third-order valence-corrected chi connectivity index (χ3v) is 6.17. The fourth-order valence-electron chi connectivity index (χ4n) is 2.90. The van der Waals surface area contributed by atoms with E-state index < -0.39 is 9.84 Å². The van der Waals surface area contributed by atoms with Gasteiger partial charge >= 0.3 is 0 Å². The molecule has 1 atom stereocenters. The lowest BCUT2D eigenvalue weighted by molar-refractivity contribution is 0.298. The Balaban J connectivity index is 1.85. The molecule has 0 aliphatic carbocycles. The summed E-state index contributed by atoms with van der Waals surface area (Å²) in [7, 11) is 1.32. The Morgan fingerprint density at radius 3 is 2.60 bits per heavy atom. The average molecular weight is 299 g/mol. The van der Waals surface area contributed by atoms with Gasteiger partial charge in [-0.1, -0.05) is 0 Å². The molecule has 0 radical (unpaired) electrons. The van der Waals surface area contributed by atoms with Gasteiger partial charge < -0.3 is 4.90 Å². The molecule has 0 unspecified atom stereocenters. The second kappa shape index (κ2) is 5.85. The highest BCUT2D eigenvalue weighted by Gasteiger charge is 2.27. The lowest BCUT2D eigenvalue weighted by atomic mass is 10.0. The molecule has 2 rings (SSSR count). The van der Waals surface area contributed by atoms with Gasteiger partial charge in [0.1, 0.15) is 0 Å². The molecule has 0 N–H and O–H groups in total. The fourth-order valence-corrected chi connectivity index (χ4v) is 4.81. The van der Waals surface area contributed by atoms with Crippen molar-refractivity contribution in [2.45, 2.75) is 33.2 Å². The van der Waals surface area contributed by atoms with Crippen LogP contribution in [0.25, 0.3) is 0 Å². The van der Waals surface area contributed by atoms with Crippen LogP contribution in [0.15, 0.2) is 0 Å². The van der Waals surface area contributed by atoms with Crippen LogP contribution in [0.1, 0.15) is 29.8 Å². The molecule has 1 aliphatic heterocycles. The number of sulfone groups is 1. The minimum atomic E-state index is -2.74. The number of aromatic nitrogens is 2. The number of hydrogen-bond acceptors (Lipinski definition) is 4. The van der Waals surface area contributed by atoms with Gasteiger partial charge in [-0.15, -0.1) is 0 Å². The summed E-state index contributed by atoms with van der Waals surface area (Å²) in [6.07, 6.45) is 1.80. The van der Waals surface area contributed by atoms with Crippen LogP contribution in [0.5, 0.6) is 0 Å². The van der Waals surface area contributed by atoms with Crippen molar-refractivity contribution in [3.05, 3.63) is 17.0 Å². The average Bonchev–Trinajstić information content (AvgIpc) is 2.81. The van der Waals surface area contributed by atoms with Crippen molar-refractivity contribution >= 4 is 9.84 Å². The molecule has 2 heterocycles. The first-order chi connectivity index (χ1) is 9.28. The van der Waals surface area contributed by atoms with E-state index in [0.29, 0.717) is 17.4 Å². The molecule has 114 valence electrons. The van der Waals surface area contributed by atoms with Gasteiger partial charge in [0.2, 0.25) is 0 Å². The molecule has 0 aromatic carbocycles. The summed E-state index contributed by atoms with van der Waals surface area (Å²) >= 11 is 0. The highest BCUT2D eigenvalue weighted by Crippen LogP contribution is 2.22. The largest absolute Gasteiger partial charge is 0.302 e. The summed E-state index contributed by atoms with van der Waals surface area (Å²) in [5.41, 5.74) is 3.58. The van der Waals surface area contributed by atoms with E-state index >= 15 is 0 Å². The zero-order chi connectivity index (χ0) is 14.9. The predicted octanol–water partition coefficient (Wildman–Crippen LogP) is 1.29. The van der Waals surface area contributed by atoms with E-state index in [4.69, 9.17) is 0 Å². The maximum atomic E-state index is 11.4. The molecule has 1 aliphatic rings.